The van der Waals surface area contributed by atoms with E-state index in [9.17, 15) is 33.9 Å². The van der Waals surface area contributed by atoms with Crippen molar-refractivity contribution in [3.8, 4) is 0 Å². The van der Waals surface area contributed by atoms with Gasteiger partial charge in [0.2, 0.25) is 23.6 Å². The highest BCUT2D eigenvalue weighted by atomic mass is 16.4. The lowest BCUT2D eigenvalue weighted by molar-refractivity contribution is -0.144. The predicted octanol–water partition coefficient (Wildman–Crippen LogP) is -3.91. The molecule has 1 fully saturated rings. The van der Waals surface area contributed by atoms with Crippen LogP contribution in [0.3, 0.4) is 0 Å². The molecule has 1 aliphatic rings. The fraction of sp³-hybridized carbons (Fsp3) is 0.647. The zero-order chi connectivity index (χ0) is 23.7. The molecule has 9 N–H and O–H groups in total. The Labute approximate surface area is 176 Å². The Morgan fingerprint density at radius 1 is 1.06 bits per heavy atom. The fourth-order valence-electron chi connectivity index (χ4n) is 3.05. The van der Waals surface area contributed by atoms with E-state index in [1.165, 1.54) is 4.90 Å². The van der Waals surface area contributed by atoms with E-state index in [1.54, 1.807) is 0 Å². The summed E-state index contributed by atoms with van der Waals surface area (Å²) in [6, 6.07) is -5.30. The lowest BCUT2D eigenvalue weighted by Crippen LogP contribution is -2.57. The van der Waals surface area contributed by atoms with Crippen molar-refractivity contribution >= 4 is 35.6 Å². The number of carboxylic acid groups (broad SMARTS) is 2. The van der Waals surface area contributed by atoms with Crippen molar-refractivity contribution in [2.24, 2.45) is 11.5 Å². The number of nitrogens with two attached hydrogens (primary N) is 2. The maximum Gasteiger partial charge on any atom is 0.326 e. The number of aliphatic hydroxyl groups excluding tert-OH is 1. The predicted molar refractivity (Wildman–Crippen MR) is 102 cm³/mol. The Hall–Kier alpha value is -3.26. The Morgan fingerprint density at radius 2 is 1.71 bits per heavy atom. The number of amides is 4. The molecule has 1 saturated heterocycles. The molecule has 14 nitrogen and oxygen atoms in total. The zero-order valence-electron chi connectivity index (χ0n) is 16.7. The van der Waals surface area contributed by atoms with Gasteiger partial charge in [0.05, 0.1) is 19.1 Å². The number of carbonyl (C=O) groups is 6. The number of hydrogen-bond acceptors (Lipinski definition) is 8. The molecular weight excluding hydrogens is 418 g/mol. The monoisotopic (exact) mass is 445 g/mol. The molecular formula is C17H27N5O9. The first-order valence-electron chi connectivity index (χ1n) is 9.48. The normalized spacial score (nSPS) is 18.5. The van der Waals surface area contributed by atoms with Crippen LogP contribution in [0.1, 0.15) is 32.1 Å². The molecule has 31 heavy (non-hydrogen) atoms. The van der Waals surface area contributed by atoms with Gasteiger partial charge < -0.3 is 42.3 Å². The van der Waals surface area contributed by atoms with Crippen LogP contribution in [-0.2, 0) is 28.8 Å². The molecule has 1 rings (SSSR count). The highest BCUT2D eigenvalue weighted by molar-refractivity contribution is 5.95. The third-order valence-corrected chi connectivity index (χ3v) is 4.66. The number of carboxylic acids is 2. The summed E-state index contributed by atoms with van der Waals surface area (Å²) in [6.45, 7) is -0.674. The van der Waals surface area contributed by atoms with Crippen LogP contribution in [-0.4, -0.2) is 93.1 Å². The Morgan fingerprint density at radius 3 is 2.23 bits per heavy atom. The molecule has 1 aliphatic heterocycles. The number of nitrogens with zero attached hydrogens (tertiary/aromatic N) is 1. The molecule has 0 bridgehead atoms. The molecule has 4 unspecified atom stereocenters. The molecule has 0 aliphatic carbocycles. The first-order valence-corrected chi connectivity index (χ1v) is 9.48. The van der Waals surface area contributed by atoms with E-state index in [0.717, 1.165) is 0 Å². The van der Waals surface area contributed by atoms with Crippen LogP contribution in [0, 0.1) is 0 Å². The lowest BCUT2D eigenvalue weighted by Gasteiger charge is -2.28. The Bertz CT molecular complexity index is 729. The summed E-state index contributed by atoms with van der Waals surface area (Å²) in [6.07, 6.45) is -0.405. The molecule has 0 radical (unpaired) electrons. The number of rotatable bonds is 12. The minimum absolute atomic E-state index is 0.114. The van der Waals surface area contributed by atoms with Gasteiger partial charge >= 0.3 is 11.9 Å². The highest BCUT2D eigenvalue weighted by Gasteiger charge is 2.38. The fourth-order valence-corrected chi connectivity index (χ4v) is 3.05. The van der Waals surface area contributed by atoms with Crippen LogP contribution < -0.4 is 22.1 Å². The number of carbonyl (C=O) groups excluding carboxylic acids is 4. The van der Waals surface area contributed by atoms with Gasteiger partial charge in [-0.2, -0.15) is 0 Å². The maximum absolute atomic E-state index is 12.6. The summed E-state index contributed by atoms with van der Waals surface area (Å²) in [5, 5.41) is 31.4. The van der Waals surface area contributed by atoms with E-state index in [0.29, 0.717) is 6.42 Å². The quantitative estimate of drug-likeness (QED) is 0.154. The van der Waals surface area contributed by atoms with Crippen LogP contribution in [0.15, 0.2) is 0 Å². The Kier molecular flexibility index (Phi) is 9.82. The van der Waals surface area contributed by atoms with Crippen molar-refractivity contribution < 1.29 is 44.1 Å². The molecule has 174 valence electrons. The average molecular weight is 445 g/mol. The standard InChI is InChI=1S/C17H27N5O9/c18-8(3-4-13(25)26)16(29)22-5-1-2-11(22)15(28)21-10(7-23)14(27)20-9(17(30)31)6-12(19)24/h8-11,23H,1-7,18H2,(H2,19,24)(H,20,27)(H,21,28)(H,25,26)(H,30,31). The van der Waals surface area contributed by atoms with Crippen LogP contribution in [0.4, 0.5) is 0 Å². The van der Waals surface area contributed by atoms with Gasteiger partial charge in [0.1, 0.15) is 18.1 Å². The first kappa shape index (κ1) is 25.8. The summed E-state index contributed by atoms with van der Waals surface area (Å²) in [7, 11) is 0. The highest BCUT2D eigenvalue weighted by Crippen LogP contribution is 2.19. The van der Waals surface area contributed by atoms with E-state index >= 15 is 0 Å². The van der Waals surface area contributed by atoms with Gasteiger partial charge in [-0.25, -0.2) is 4.79 Å². The minimum atomic E-state index is -1.65. The second-order valence-electron chi connectivity index (χ2n) is 7.04. The summed E-state index contributed by atoms with van der Waals surface area (Å²) >= 11 is 0. The van der Waals surface area contributed by atoms with E-state index < -0.39 is 72.8 Å². The van der Waals surface area contributed by atoms with Gasteiger partial charge in [-0.15, -0.1) is 0 Å². The molecule has 0 aromatic carbocycles. The number of hydrogen-bond donors (Lipinski definition) is 7. The number of nitrogens with one attached hydrogen (secondary N) is 2. The van der Waals surface area contributed by atoms with Crippen molar-refractivity contribution in [1.82, 2.24) is 15.5 Å². The second kappa shape index (κ2) is 11.8. The van der Waals surface area contributed by atoms with Crippen molar-refractivity contribution in [3.05, 3.63) is 0 Å². The maximum atomic E-state index is 12.6. The Balaban J connectivity index is 2.78. The van der Waals surface area contributed by atoms with E-state index in [1.807, 2.05) is 5.32 Å². The van der Waals surface area contributed by atoms with Crippen LogP contribution in [0.25, 0.3) is 0 Å². The van der Waals surface area contributed by atoms with Gasteiger partial charge in [-0.05, 0) is 19.3 Å². The third-order valence-electron chi connectivity index (χ3n) is 4.66. The largest absolute Gasteiger partial charge is 0.481 e. The van der Waals surface area contributed by atoms with Gasteiger partial charge in [0.15, 0.2) is 0 Å². The van der Waals surface area contributed by atoms with Crippen molar-refractivity contribution in [3.63, 3.8) is 0 Å². The second-order valence-corrected chi connectivity index (χ2v) is 7.04. The molecule has 14 heteroatoms. The third kappa shape index (κ3) is 7.82. The van der Waals surface area contributed by atoms with Gasteiger partial charge in [0.25, 0.3) is 0 Å². The van der Waals surface area contributed by atoms with E-state index in [4.69, 9.17) is 21.7 Å². The number of likely N-dealkylation sites (tertiary alicyclic amines) is 1. The summed E-state index contributed by atoms with van der Waals surface area (Å²) in [5.74, 6) is -6.07. The number of primary amides is 1. The smallest absolute Gasteiger partial charge is 0.326 e. The molecule has 0 spiro atoms. The number of aliphatic hydroxyl groups is 1. The molecule has 0 aromatic rings. The van der Waals surface area contributed by atoms with Crippen LogP contribution in [0.2, 0.25) is 0 Å². The van der Waals surface area contributed by atoms with Gasteiger partial charge in [-0.3, -0.25) is 24.0 Å². The van der Waals surface area contributed by atoms with Crippen molar-refractivity contribution in [2.75, 3.05) is 13.2 Å². The minimum Gasteiger partial charge on any atom is -0.481 e. The van der Waals surface area contributed by atoms with Crippen LogP contribution in [0.5, 0.6) is 0 Å². The molecule has 4 atom stereocenters. The molecule has 4 amide bonds. The van der Waals surface area contributed by atoms with E-state index in [-0.39, 0.29) is 25.8 Å². The van der Waals surface area contributed by atoms with Gasteiger partial charge in [0, 0.05) is 13.0 Å². The molecule has 0 saturated carbocycles. The summed E-state index contributed by atoms with van der Waals surface area (Å²) < 4.78 is 0. The molecule has 0 aromatic heterocycles. The van der Waals surface area contributed by atoms with E-state index in [2.05, 4.69) is 5.32 Å². The van der Waals surface area contributed by atoms with Crippen molar-refractivity contribution in [2.45, 2.75) is 56.3 Å². The molecule has 1 heterocycles. The average Bonchev–Trinajstić information content (AvgIpc) is 3.18. The van der Waals surface area contributed by atoms with Crippen molar-refractivity contribution in [1.29, 1.82) is 0 Å². The zero-order valence-corrected chi connectivity index (χ0v) is 16.7. The topological polar surface area (TPSA) is 242 Å². The first-order chi connectivity index (χ1) is 14.5. The lowest BCUT2D eigenvalue weighted by atomic mass is 10.1. The van der Waals surface area contributed by atoms with Gasteiger partial charge in [-0.1, -0.05) is 0 Å². The SMILES string of the molecule is NC(=O)CC(NC(=O)C(CO)NC(=O)C1CCCN1C(=O)C(N)CCC(=O)O)C(=O)O. The summed E-state index contributed by atoms with van der Waals surface area (Å²) in [4.78, 5) is 71.2. The summed E-state index contributed by atoms with van der Waals surface area (Å²) in [5.41, 5.74) is 10.7. The number of aliphatic carboxylic acids is 2. The van der Waals surface area contributed by atoms with Crippen LogP contribution >= 0.6 is 0 Å².